The van der Waals surface area contributed by atoms with Gasteiger partial charge in [0.2, 0.25) is 0 Å². The van der Waals surface area contributed by atoms with Crippen LogP contribution in [0.1, 0.15) is 5.56 Å². The number of aromatic nitrogens is 2. The van der Waals surface area contributed by atoms with Crippen molar-refractivity contribution in [2.24, 2.45) is 0 Å². The predicted molar refractivity (Wildman–Crippen MR) is 101 cm³/mol. The summed E-state index contributed by atoms with van der Waals surface area (Å²) in [6.45, 7) is 0.569. The third-order valence-electron chi connectivity index (χ3n) is 4.44. The van der Waals surface area contributed by atoms with Gasteiger partial charge in [-0.3, -0.25) is 9.55 Å². The number of rotatable bonds is 4. The Hall–Kier alpha value is -2.66. The van der Waals surface area contributed by atoms with E-state index in [1.165, 1.54) is 12.1 Å². The van der Waals surface area contributed by atoms with E-state index >= 15 is 0 Å². The van der Waals surface area contributed by atoms with Gasteiger partial charge in [-0.2, -0.15) is 0 Å². The van der Waals surface area contributed by atoms with Crippen LogP contribution in [0.15, 0.2) is 60.8 Å². The third-order valence-corrected chi connectivity index (χ3v) is 5.41. The summed E-state index contributed by atoms with van der Waals surface area (Å²) >= 11 is 0. The standard InChI is InChI=1S/C19H17N2O4P/c1-25-14-6-9-17-16(11-14)19-18(3-2-10-20-19)21(17)12-13-4-7-15(8-5-13)26(22,23)24/h2-11H,12H2,1H3,(H2,22,23,24). The number of hydrogen-bond donors (Lipinski definition) is 2. The minimum Gasteiger partial charge on any atom is -0.497 e. The van der Waals surface area contributed by atoms with Crippen LogP contribution in [0.2, 0.25) is 0 Å². The average Bonchev–Trinajstić information content (AvgIpc) is 2.95. The van der Waals surface area contributed by atoms with Crippen molar-refractivity contribution in [2.75, 3.05) is 7.11 Å². The second-order valence-electron chi connectivity index (χ2n) is 6.05. The topological polar surface area (TPSA) is 84.6 Å². The first-order valence-corrected chi connectivity index (χ1v) is 9.64. The van der Waals surface area contributed by atoms with Gasteiger partial charge in [0.1, 0.15) is 5.75 Å². The lowest BCUT2D eigenvalue weighted by Crippen LogP contribution is -2.05. The van der Waals surface area contributed by atoms with Crippen LogP contribution in [0.3, 0.4) is 0 Å². The minimum atomic E-state index is -4.23. The van der Waals surface area contributed by atoms with Crippen molar-refractivity contribution in [3.05, 3.63) is 66.4 Å². The lowest BCUT2D eigenvalue weighted by Gasteiger charge is -2.09. The lowest BCUT2D eigenvalue weighted by molar-refractivity contribution is 0.387. The van der Waals surface area contributed by atoms with E-state index in [4.69, 9.17) is 4.74 Å². The molecular weight excluding hydrogens is 351 g/mol. The molecular formula is C19H17N2O4P. The Kier molecular flexibility index (Phi) is 4.04. The maximum atomic E-state index is 11.3. The fourth-order valence-corrected chi connectivity index (χ4v) is 3.70. The summed E-state index contributed by atoms with van der Waals surface area (Å²) in [5, 5.41) is 1.03. The molecule has 0 aliphatic heterocycles. The summed E-state index contributed by atoms with van der Waals surface area (Å²) in [5.41, 5.74) is 3.86. The number of fused-ring (bicyclic) bond motifs is 3. The van der Waals surface area contributed by atoms with Gasteiger partial charge in [0.05, 0.1) is 29.0 Å². The largest absolute Gasteiger partial charge is 0.497 e. The first kappa shape index (κ1) is 16.8. The smallest absolute Gasteiger partial charge is 0.356 e. The van der Waals surface area contributed by atoms with Crippen molar-refractivity contribution >= 4 is 34.8 Å². The highest BCUT2D eigenvalue weighted by molar-refractivity contribution is 7.60. The van der Waals surface area contributed by atoms with E-state index in [1.54, 1.807) is 25.4 Å². The summed E-state index contributed by atoms with van der Waals surface area (Å²) < 4.78 is 18.8. The van der Waals surface area contributed by atoms with Crippen molar-refractivity contribution in [1.29, 1.82) is 0 Å². The Bertz CT molecular complexity index is 1150. The molecule has 0 amide bonds. The van der Waals surface area contributed by atoms with E-state index in [0.717, 1.165) is 33.2 Å². The van der Waals surface area contributed by atoms with Gasteiger partial charge < -0.3 is 19.1 Å². The second-order valence-corrected chi connectivity index (χ2v) is 7.66. The third kappa shape index (κ3) is 2.88. The normalized spacial score (nSPS) is 12.0. The first-order valence-electron chi connectivity index (χ1n) is 8.03. The van der Waals surface area contributed by atoms with Crippen LogP contribution in [0.25, 0.3) is 21.9 Å². The van der Waals surface area contributed by atoms with E-state index in [-0.39, 0.29) is 5.30 Å². The highest BCUT2D eigenvalue weighted by atomic mass is 31.2. The van der Waals surface area contributed by atoms with Gasteiger partial charge in [0, 0.05) is 18.1 Å². The van der Waals surface area contributed by atoms with Gasteiger partial charge in [0.15, 0.2) is 0 Å². The molecule has 7 heteroatoms. The number of benzene rings is 2. The molecule has 0 atom stereocenters. The number of nitrogens with zero attached hydrogens (tertiary/aromatic N) is 2. The zero-order chi connectivity index (χ0) is 18.3. The molecule has 2 N–H and O–H groups in total. The summed E-state index contributed by atoms with van der Waals surface area (Å²) in [7, 11) is -2.59. The SMILES string of the molecule is COc1ccc2c(c1)c1ncccc1n2Cc1ccc(P(=O)(O)O)cc1. The van der Waals surface area contributed by atoms with Gasteiger partial charge in [-0.15, -0.1) is 0 Å². The quantitative estimate of drug-likeness (QED) is 0.541. The van der Waals surface area contributed by atoms with Crippen molar-refractivity contribution in [3.8, 4) is 5.75 Å². The Morgan fingerprint density at radius 2 is 1.85 bits per heavy atom. The summed E-state index contributed by atoms with van der Waals surface area (Å²) in [6.07, 6.45) is 1.76. The van der Waals surface area contributed by atoms with Gasteiger partial charge in [-0.25, -0.2) is 0 Å². The number of ether oxygens (including phenoxy) is 1. The van der Waals surface area contributed by atoms with Crippen molar-refractivity contribution < 1.29 is 19.1 Å². The van der Waals surface area contributed by atoms with Crippen LogP contribution < -0.4 is 10.0 Å². The number of pyridine rings is 1. The van der Waals surface area contributed by atoms with E-state index in [1.807, 2.05) is 30.3 Å². The van der Waals surface area contributed by atoms with Crippen LogP contribution in [-0.4, -0.2) is 26.4 Å². The van der Waals surface area contributed by atoms with Gasteiger partial charge >= 0.3 is 7.60 Å². The first-order chi connectivity index (χ1) is 12.5. The molecule has 0 radical (unpaired) electrons. The highest BCUT2D eigenvalue weighted by Crippen LogP contribution is 2.34. The fraction of sp³-hybridized carbons (Fsp3) is 0.105. The Balaban J connectivity index is 1.84. The van der Waals surface area contributed by atoms with Gasteiger partial charge in [0.25, 0.3) is 0 Å². The highest BCUT2D eigenvalue weighted by Gasteiger charge is 2.17. The number of hydrogen-bond acceptors (Lipinski definition) is 3. The monoisotopic (exact) mass is 368 g/mol. The molecule has 2 heterocycles. The molecule has 2 aromatic carbocycles. The van der Waals surface area contributed by atoms with E-state index in [9.17, 15) is 14.4 Å². The molecule has 26 heavy (non-hydrogen) atoms. The molecule has 4 aromatic rings. The van der Waals surface area contributed by atoms with Crippen LogP contribution >= 0.6 is 7.60 Å². The molecule has 6 nitrogen and oxygen atoms in total. The van der Waals surface area contributed by atoms with E-state index in [2.05, 4.69) is 9.55 Å². The van der Waals surface area contributed by atoms with Crippen LogP contribution in [0, 0.1) is 0 Å². The fourth-order valence-electron chi connectivity index (χ4n) is 3.17. The minimum absolute atomic E-state index is 0.0230. The van der Waals surface area contributed by atoms with Crippen LogP contribution in [0.4, 0.5) is 0 Å². The number of methoxy groups -OCH3 is 1. The molecule has 0 aliphatic rings. The Morgan fingerprint density at radius 3 is 2.54 bits per heavy atom. The summed E-state index contributed by atoms with van der Waals surface area (Å²) in [5.74, 6) is 0.771. The predicted octanol–water partition coefficient (Wildman–Crippen LogP) is 3.05. The lowest BCUT2D eigenvalue weighted by atomic mass is 10.2. The summed E-state index contributed by atoms with van der Waals surface area (Å²) in [4.78, 5) is 23.0. The molecule has 0 fully saturated rings. The maximum absolute atomic E-state index is 11.3. The molecule has 0 saturated carbocycles. The molecule has 132 valence electrons. The Labute approximate surface area is 149 Å². The summed E-state index contributed by atoms with van der Waals surface area (Å²) in [6, 6.07) is 16.2. The van der Waals surface area contributed by atoms with Crippen molar-refractivity contribution in [1.82, 2.24) is 9.55 Å². The van der Waals surface area contributed by atoms with Gasteiger partial charge in [-0.05, 0) is 48.0 Å². The van der Waals surface area contributed by atoms with Crippen molar-refractivity contribution in [3.63, 3.8) is 0 Å². The van der Waals surface area contributed by atoms with E-state index < -0.39 is 7.60 Å². The maximum Gasteiger partial charge on any atom is 0.356 e. The van der Waals surface area contributed by atoms with Gasteiger partial charge in [-0.1, -0.05) is 12.1 Å². The van der Waals surface area contributed by atoms with Crippen LogP contribution in [-0.2, 0) is 11.1 Å². The molecule has 0 saturated heterocycles. The zero-order valence-corrected chi connectivity index (χ0v) is 14.9. The molecule has 0 aliphatic carbocycles. The molecule has 0 unspecified atom stereocenters. The molecule has 2 aromatic heterocycles. The molecule has 0 bridgehead atoms. The van der Waals surface area contributed by atoms with Crippen molar-refractivity contribution in [2.45, 2.75) is 6.54 Å². The average molecular weight is 368 g/mol. The van der Waals surface area contributed by atoms with E-state index in [0.29, 0.717) is 6.54 Å². The second kappa shape index (κ2) is 6.25. The van der Waals surface area contributed by atoms with Crippen LogP contribution in [0.5, 0.6) is 5.75 Å². The Morgan fingerprint density at radius 1 is 1.08 bits per heavy atom. The molecule has 0 spiro atoms. The zero-order valence-electron chi connectivity index (χ0n) is 14.0. The molecule has 4 rings (SSSR count).